The van der Waals surface area contributed by atoms with Crippen LogP contribution in [0.5, 0.6) is 0 Å². The predicted molar refractivity (Wildman–Crippen MR) is 155 cm³/mol. The van der Waals surface area contributed by atoms with Gasteiger partial charge in [-0.3, -0.25) is 9.36 Å². The van der Waals surface area contributed by atoms with Crippen LogP contribution in [0, 0.1) is 6.92 Å². The van der Waals surface area contributed by atoms with Crippen molar-refractivity contribution in [1.29, 1.82) is 0 Å². The zero-order valence-electron chi connectivity index (χ0n) is 23.6. The molecule has 1 unspecified atom stereocenters. The zero-order valence-corrected chi connectivity index (χ0v) is 26.0. The van der Waals surface area contributed by atoms with Crippen molar-refractivity contribution >= 4 is 43.5 Å². The van der Waals surface area contributed by atoms with Gasteiger partial charge in [-0.15, -0.1) is 11.3 Å². The summed E-state index contributed by atoms with van der Waals surface area (Å²) in [6.45, 7) is 9.92. The van der Waals surface area contributed by atoms with E-state index in [1.54, 1.807) is 27.7 Å². The van der Waals surface area contributed by atoms with E-state index in [-0.39, 0.29) is 32.2 Å². The van der Waals surface area contributed by atoms with E-state index in [0.717, 1.165) is 10.1 Å². The first-order chi connectivity index (χ1) is 18.5. The molecule has 1 atom stereocenters. The number of fused-ring (bicyclic) bond motifs is 1. The Labute approximate surface area is 244 Å². The van der Waals surface area contributed by atoms with Crippen molar-refractivity contribution in [3.63, 3.8) is 0 Å². The number of thiophene rings is 1. The van der Waals surface area contributed by atoms with Crippen molar-refractivity contribution < 1.29 is 23.0 Å². The molecule has 0 aliphatic heterocycles. The molecule has 2 aromatic heterocycles. The van der Waals surface area contributed by atoms with E-state index in [9.17, 15) is 23.2 Å². The van der Waals surface area contributed by atoms with Gasteiger partial charge in [0, 0.05) is 12.8 Å². The highest BCUT2D eigenvalue weighted by Gasteiger charge is 2.40. The second kappa shape index (κ2) is 11.1. The van der Waals surface area contributed by atoms with Crippen LogP contribution in [0.2, 0.25) is 0 Å². The maximum atomic E-state index is 14.1. The van der Waals surface area contributed by atoms with Gasteiger partial charge < -0.3 is 9.47 Å². The zero-order chi connectivity index (χ0) is 29.6. The SMILES string of the molecule is Cc1c(Br)sc2c1c(=O)n(C(C)(C)C(=O)OC(C)(C)C)c(=O)n2CC(OC1CCC(F)(F)CC1)c1ccccc1. The summed E-state index contributed by atoms with van der Waals surface area (Å²) in [6.07, 6.45) is -1.16. The van der Waals surface area contributed by atoms with Crippen LogP contribution in [-0.4, -0.2) is 32.7 Å². The maximum absolute atomic E-state index is 14.1. The molecule has 218 valence electrons. The molecule has 1 aromatic carbocycles. The number of rotatable bonds is 7. The van der Waals surface area contributed by atoms with Gasteiger partial charge in [0.2, 0.25) is 5.92 Å². The molecule has 0 bridgehead atoms. The number of esters is 1. The van der Waals surface area contributed by atoms with Gasteiger partial charge in [0.25, 0.3) is 5.56 Å². The highest BCUT2D eigenvalue weighted by atomic mass is 79.9. The van der Waals surface area contributed by atoms with Crippen LogP contribution in [-0.2, 0) is 26.4 Å². The van der Waals surface area contributed by atoms with E-state index in [1.807, 2.05) is 30.3 Å². The Morgan fingerprint density at radius 3 is 2.30 bits per heavy atom. The van der Waals surface area contributed by atoms with Crippen molar-refractivity contribution in [3.8, 4) is 0 Å². The molecule has 0 saturated heterocycles. The fourth-order valence-corrected chi connectivity index (χ4v) is 6.60. The first-order valence-electron chi connectivity index (χ1n) is 13.3. The number of carbonyl (C=O) groups is 1. The Morgan fingerprint density at radius 1 is 1.12 bits per heavy atom. The van der Waals surface area contributed by atoms with Gasteiger partial charge in [-0.2, -0.15) is 0 Å². The van der Waals surface area contributed by atoms with Gasteiger partial charge in [-0.05, 0) is 81.4 Å². The number of nitrogens with zero attached hydrogens (tertiary/aromatic N) is 2. The Bertz CT molecular complexity index is 1510. The molecule has 1 aliphatic rings. The van der Waals surface area contributed by atoms with E-state index in [1.165, 1.54) is 29.8 Å². The molecule has 2 heterocycles. The summed E-state index contributed by atoms with van der Waals surface area (Å²) in [4.78, 5) is 41.7. The highest BCUT2D eigenvalue weighted by Crippen LogP contribution is 2.38. The lowest BCUT2D eigenvalue weighted by Crippen LogP contribution is -2.54. The van der Waals surface area contributed by atoms with Crippen molar-refractivity contribution in [3.05, 3.63) is 66.1 Å². The predicted octanol–water partition coefficient (Wildman–Crippen LogP) is 6.71. The van der Waals surface area contributed by atoms with Gasteiger partial charge in [-0.25, -0.2) is 22.9 Å². The number of carbonyl (C=O) groups excluding carboxylic acids is 1. The Kier molecular flexibility index (Phi) is 8.51. The number of ether oxygens (including phenoxy) is 2. The summed E-state index contributed by atoms with van der Waals surface area (Å²) < 4.78 is 42.8. The second-order valence-electron chi connectivity index (χ2n) is 11.9. The molecule has 1 saturated carbocycles. The quantitative estimate of drug-likeness (QED) is 0.268. The molecule has 7 nitrogen and oxygen atoms in total. The van der Waals surface area contributed by atoms with Gasteiger partial charge in [0.1, 0.15) is 22.1 Å². The number of alkyl halides is 2. The van der Waals surface area contributed by atoms with Crippen LogP contribution in [0.15, 0.2) is 43.7 Å². The third-order valence-electron chi connectivity index (χ3n) is 7.15. The summed E-state index contributed by atoms with van der Waals surface area (Å²) in [5.41, 5.74) is -2.28. The molecular formula is C29H35BrF2N2O5S. The Balaban J connectivity index is 1.86. The average molecular weight is 642 g/mol. The number of aromatic nitrogens is 2. The largest absolute Gasteiger partial charge is 0.458 e. The molecule has 0 spiro atoms. The third-order valence-corrected chi connectivity index (χ3v) is 9.34. The number of halogens is 3. The first-order valence-corrected chi connectivity index (χ1v) is 14.9. The minimum absolute atomic E-state index is 0.0172. The van der Waals surface area contributed by atoms with Crippen molar-refractivity contribution in [1.82, 2.24) is 9.13 Å². The van der Waals surface area contributed by atoms with Crippen molar-refractivity contribution in [2.75, 3.05) is 0 Å². The lowest BCUT2D eigenvalue weighted by Gasteiger charge is -2.32. The Morgan fingerprint density at radius 2 is 1.73 bits per heavy atom. The number of hydrogen-bond acceptors (Lipinski definition) is 6. The summed E-state index contributed by atoms with van der Waals surface area (Å²) in [7, 11) is 0. The normalized spacial score (nSPS) is 17.2. The van der Waals surface area contributed by atoms with Crippen LogP contribution in [0.25, 0.3) is 10.2 Å². The molecule has 11 heteroatoms. The first kappa shape index (κ1) is 30.6. The smallest absolute Gasteiger partial charge is 0.333 e. The average Bonchev–Trinajstić information content (AvgIpc) is 3.15. The molecule has 0 amide bonds. The standard InChI is InChI=1S/C29H35BrF2N2O5S/c1-17-21-23(35)34(28(5,6)25(36)39-27(2,3)4)26(37)33(24(21)40-22(17)30)16-20(18-10-8-7-9-11-18)38-19-12-14-29(31,32)15-13-19/h7-11,19-20H,12-16H2,1-6H3. The van der Waals surface area contributed by atoms with E-state index < -0.39 is 46.5 Å². The summed E-state index contributed by atoms with van der Waals surface area (Å²) in [5.74, 6) is -3.41. The fourth-order valence-electron chi connectivity index (χ4n) is 4.91. The molecular weight excluding hydrogens is 606 g/mol. The number of hydrogen-bond donors (Lipinski definition) is 0. The van der Waals surface area contributed by atoms with E-state index in [0.29, 0.717) is 19.6 Å². The lowest BCUT2D eigenvalue weighted by atomic mass is 9.94. The van der Waals surface area contributed by atoms with Gasteiger partial charge in [0.05, 0.1) is 21.8 Å². The van der Waals surface area contributed by atoms with Crippen LogP contribution in [0.3, 0.4) is 0 Å². The maximum Gasteiger partial charge on any atom is 0.333 e. The molecule has 40 heavy (non-hydrogen) atoms. The minimum atomic E-state index is -2.70. The van der Waals surface area contributed by atoms with E-state index >= 15 is 0 Å². The van der Waals surface area contributed by atoms with Crippen LogP contribution >= 0.6 is 27.3 Å². The summed E-state index contributed by atoms with van der Waals surface area (Å²) in [6, 6.07) is 9.27. The highest BCUT2D eigenvalue weighted by molar-refractivity contribution is 9.11. The molecule has 1 fully saturated rings. The number of aryl methyl sites for hydroxylation is 1. The molecule has 1 aliphatic carbocycles. The second-order valence-corrected chi connectivity index (χ2v) is 14.2. The third kappa shape index (κ3) is 6.26. The van der Waals surface area contributed by atoms with E-state index in [4.69, 9.17) is 9.47 Å². The molecule has 3 aromatic rings. The molecule has 0 radical (unpaired) electrons. The number of benzene rings is 1. The van der Waals surface area contributed by atoms with Crippen LogP contribution in [0.4, 0.5) is 8.78 Å². The van der Waals surface area contributed by atoms with Crippen molar-refractivity contribution in [2.24, 2.45) is 0 Å². The van der Waals surface area contributed by atoms with Gasteiger partial charge >= 0.3 is 11.7 Å². The van der Waals surface area contributed by atoms with Crippen LogP contribution < -0.4 is 11.2 Å². The van der Waals surface area contributed by atoms with Gasteiger partial charge in [-0.1, -0.05) is 30.3 Å². The molecule has 0 N–H and O–H groups in total. The van der Waals surface area contributed by atoms with Crippen LogP contribution in [0.1, 0.15) is 77.5 Å². The topological polar surface area (TPSA) is 79.5 Å². The Hall–Kier alpha value is -2.37. The lowest BCUT2D eigenvalue weighted by molar-refractivity contribution is -0.164. The molecule has 4 rings (SSSR count). The summed E-state index contributed by atoms with van der Waals surface area (Å²) >= 11 is 4.76. The minimum Gasteiger partial charge on any atom is -0.458 e. The monoisotopic (exact) mass is 640 g/mol. The fraction of sp³-hybridized carbons (Fsp3) is 0.552. The summed E-state index contributed by atoms with van der Waals surface area (Å²) in [5, 5.41) is 0.317. The van der Waals surface area contributed by atoms with Crippen molar-refractivity contribution in [2.45, 2.75) is 103 Å². The van der Waals surface area contributed by atoms with Gasteiger partial charge in [0.15, 0.2) is 0 Å². The van der Waals surface area contributed by atoms with E-state index in [2.05, 4.69) is 15.9 Å².